The normalized spacial score (nSPS) is 12.6. The topological polar surface area (TPSA) is 96.1 Å². The lowest BCUT2D eigenvalue weighted by Gasteiger charge is -2.34. The molecule has 0 amide bonds. The predicted octanol–water partition coefficient (Wildman–Crippen LogP) is 2.42. The van der Waals surface area contributed by atoms with Gasteiger partial charge in [-0.2, -0.15) is 0 Å². The number of phenols is 1. The van der Waals surface area contributed by atoms with Crippen LogP contribution in [0.3, 0.4) is 0 Å². The summed E-state index contributed by atoms with van der Waals surface area (Å²) in [5, 5.41) is 30.5. The minimum absolute atomic E-state index is 0.00661. The van der Waals surface area contributed by atoms with Gasteiger partial charge in [0.1, 0.15) is 0 Å². The highest BCUT2D eigenvalue weighted by Crippen LogP contribution is 2.35. The van der Waals surface area contributed by atoms with Crippen molar-refractivity contribution in [3.8, 4) is 11.5 Å². The Morgan fingerprint density at radius 3 is 2.57 bits per heavy atom. The summed E-state index contributed by atoms with van der Waals surface area (Å²) in [5.41, 5.74) is 0.663. The summed E-state index contributed by atoms with van der Waals surface area (Å²) in [4.78, 5) is 12.4. The molecule has 0 radical (unpaired) electrons. The largest absolute Gasteiger partial charge is 0.504 e. The number of likely N-dealkylation sites (N-methyl/N-ethyl adjacent to an activating group) is 1. The molecule has 0 aliphatic carbocycles. The molecule has 0 heterocycles. The number of aliphatic hydroxyl groups is 1. The van der Waals surface area contributed by atoms with Crippen LogP contribution in [0.1, 0.15) is 26.3 Å². The van der Waals surface area contributed by atoms with Gasteiger partial charge in [-0.1, -0.05) is 11.6 Å². The van der Waals surface area contributed by atoms with E-state index in [4.69, 9.17) is 4.74 Å². The lowest BCUT2D eigenvalue weighted by Crippen LogP contribution is -2.44. The Balaban J connectivity index is 3.15. The number of benzene rings is 1. The van der Waals surface area contributed by atoms with Gasteiger partial charge in [0.2, 0.25) is 0 Å². The number of aliphatic hydroxyl groups excluding tert-OH is 1. The summed E-state index contributed by atoms with van der Waals surface area (Å²) in [6.45, 7) is 6.22. The molecule has 128 valence electrons. The monoisotopic (exact) mass is 324 g/mol. The number of hydrogen-bond acceptors (Lipinski definition) is 6. The van der Waals surface area contributed by atoms with E-state index < -0.39 is 10.5 Å². The third-order valence-corrected chi connectivity index (χ3v) is 3.83. The fourth-order valence-electron chi connectivity index (χ4n) is 2.01. The average molecular weight is 324 g/mol. The molecule has 1 aromatic carbocycles. The SMILES string of the molecule is COc1cc([N+](=O)[O-])cc(/C=C(\C)CN(C)C(C)(C)CO)c1O. The fourth-order valence-corrected chi connectivity index (χ4v) is 2.01. The Hall–Kier alpha value is -2.12. The minimum Gasteiger partial charge on any atom is -0.504 e. The van der Waals surface area contributed by atoms with Crippen LogP contribution in [0.25, 0.3) is 6.08 Å². The number of nitro benzene ring substituents is 1. The Morgan fingerprint density at radius 1 is 1.48 bits per heavy atom. The molecular weight excluding hydrogens is 300 g/mol. The Bertz CT molecular complexity index is 611. The van der Waals surface area contributed by atoms with Crippen LogP contribution in [-0.4, -0.2) is 52.9 Å². The number of ether oxygens (including phenoxy) is 1. The van der Waals surface area contributed by atoms with Gasteiger partial charge in [-0.15, -0.1) is 0 Å². The molecule has 0 saturated heterocycles. The highest BCUT2D eigenvalue weighted by Gasteiger charge is 2.22. The number of non-ortho nitro benzene ring substituents is 1. The number of aromatic hydroxyl groups is 1. The molecule has 1 rings (SSSR count). The van der Waals surface area contributed by atoms with Crippen LogP contribution in [0.4, 0.5) is 5.69 Å². The minimum atomic E-state index is -0.532. The Kier molecular flexibility index (Phi) is 6.12. The van der Waals surface area contributed by atoms with Crippen molar-refractivity contribution in [2.45, 2.75) is 26.3 Å². The second-order valence-corrected chi connectivity index (χ2v) is 6.16. The highest BCUT2D eigenvalue weighted by molar-refractivity contribution is 5.67. The zero-order valence-electron chi connectivity index (χ0n) is 14.2. The van der Waals surface area contributed by atoms with E-state index in [1.54, 1.807) is 6.08 Å². The molecule has 0 unspecified atom stereocenters. The number of methoxy groups -OCH3 is 1. The van der Waals surface area contributed by atoms with Crippen molar-refractivity contribution < 1.29 is 19.9 Å². The third-order valence-electron chi connectivity index (χ3n) is 3.83. The predicted molar refractivity (Wildman–Crippen MR) is 88.8 cm³/mol. The second kappa shape index (κ2) is 7.43. The van der Waals surface area contributed by atoms with Gasteiger partial charge in [0.15, 0.2) is 11.5 Å². The van der Waals surface area contributed by atoms with Gasteiger partial charge in [0, 0.05) is 23.7 Å². The van der Waals surface area contributed by atoms with E-state index in [2.05, 4.69) is 0 Å². The van der Waals surface area contributed by atoms with Crippen LogP contribution < -0.4 is 4.74 Å². The summed E-state index contributed by atoms with van der Waals surface area (Å²) in [5.74, 6) is -0.0798. The van der Waals surface area contributed by atoms with E-state index >= 15 is 0 Å². The van der Waals surface area contributed by atoms with Gasteiger partial charge >= 0.3 is 0 Å². The second-order valence-electron chi connectivity index (χ2n) is 6.16. The van der Waals surface area contributed by atoms with Gasteiger partial charge in [0.25, 0.3) is 5.69 Å². The molecule has 2 N–H and O–H groups in total. The summed E-state index contributed by atoms with van der Waals surface area (Å²) >= 11 is 0. The van der Waals surface area contributed by atoms with Crippen molar-refractivity contribution in [2.24, 2.45) is 0 Å². The maximum Gasteiger partial charge on any atom is 0.274 e. The molecule has 0 fully saturated rings. The smallest absolute Gasteiger partial charge is 0.274 e. The first kappa shape index (κ1) is 18.9. The van der Waals surface area contributed by atoms with Crippen LogP contribution >= 0.6 is 0 Å². The number of hydrogen-bond donors (Lipinski definition) is 2. The van der Waals surface area contributed by atoms with Gasteiger partial charge in [0.05, 0.1) is 24.7 Å². The van der Waals surface area contributed by atoms with Crippen molar-refractivity contribution in [3.63, 3.8) is 0 Å². The van der Waals surface area contributed by atoms with Gasteiger partial charge in [-0.3, -0.25) is 15.0 Å². The highest BCUT2D eigenvalue weighted by atomic mass is 16.6. The molecule has 7 nitrogen and oxygen atoms in total. The van der Waals surface area contributed by atoms with E-state index in [1.807, 2.05) is 32.7 Å². The van der Waals surface area contributed by atoms with E-state index in [9.17, 15) is 20.3 Å². The van der Waals surface area contributed by atoms with Crippen LogP contribution in [-0.2, 0) is 0 Å². The molecule has 0 aliphatic heterocycles. The molecule has 0 atom stereocenters. The number of nitro groups is 1. The zero-order valence-corrected chi connectivity index (χ0v) is 14.2. The number of rotatable bonds is 7. The summed E-state index contributed by atoms with van der Waals surface area (Å²) in [7, 11) is 3.22. The van der Waals surface area contributed by atoms with E-state index in [0.29, 0.717) is 12.1 Å². The third kappa shape index (κ3) is 4.67. The first-order chi connectivity index (χ1) is 10.6. The van der Waals surface area contributed by atoms with Gasteiger partial charge in [-0.05, 0) is 27.8 Å². The summed E-state index contributed by atoms with van der Waals surface area (Å²) in [6.07, 6.45) is 1.68. The molecule has 0 saturated carbocycles. The molecule has 0 aromatic heterocycles. The fraction of sp³-hybridized carbons (Fsp3) is 0.500. The van der Waals surface area contributed by atoms with E-state index in [0.717, 1.165) is 5.57 Å². The molecule has 0 bridgehead atoms. The van der Waals surface area contributed by atoms with Crippen molar-refractivity contribution in [1.82, 2.24) is 4.90 Å². The maximum atomic E-state index is 11.0. The van der Waals surface area contributed by atoms with Crippen LogP contribution in [0, 0.1) is 10.1 Å². The lowest BCUT2D eigenvalue weighted by atomic mass is 10.0. The van der Waals surface area contributed by atoms with E-state index in [1.165, 1.54) is 19.2 Å². The summed E-state index contributed by atoms with van der Waals surface area (Å²) < 4.78 is 4.98. The lowest BCUT2D eigenvalue weighted by molar-refractivity contribution is -0.385. The molecule has 7 heteroatoms. The number of nitrogens with zero attached hydrogens (tertiary/aromatic N) is 2. The van der Waals surface area contributed by atoms with Gasteiger partial charge in [-0.25, -0.2) is 0 Å². The van der Waals surface area contributed by atoms with Crippen LogP contribution in [0.5, 0.6) is 11.5 Å². The van der Waals surface area contributed by atoms with Gasteiger partial charge < -0.3 is 14.9 Å². The quantitative estimate of drug-likeness (QED) is 0.590. The van der Waals surface area contributed by atoms with Crippen LogP contribution in [0.15, 0.2) is 17.7 Å². The molecular formula is C16H24N2O5. The van der Waals surface area contributed by atoms with Crippen LogP contribution in [0.2, 0.25) is 0 Å². The molecule has 1 aromatic rings. The van der Waals surface area contributed by atoms with Crippen molar-refractivity contribution in [1.29, 1.82) is 0 Å². The standard InChI is InChI=1S/C16H24N2O5/c1-11(9-17(4)16(2,3)10-19)6-12-7-13(18(21)22)8-14(23-5)15(12)20/h6-8,19-20H,9-10H2,1-5H3/b11-6+. The first-order valence-electron chi connectivity index (χ1n) is 7.17. The molecule has 0 spiro atoms. The van der Waals surface area contributed by atoms with E-state index in [-0.39, 0.29) is 23.8 Å². The Morgan fingerprint density at radius 2 is 2.09 bits per heavy atom. The average Bonchev–Trinajstić information content (AvgIpc) is 2.48. The Labute approximate surface area is 136 Å². The van der Waals surface area contributed by atoms with Crippen molar-refractivity contribution >= 4 is 11.8 Å². The summed E-state index contributed by atoms with van der Waals surface area (Å²) in [6, 6.07) is 2.49. The first-order valence-corrected chi connectivity index (χ1v) is 7.17. The molecule has 23 heavy (non-hydrogen) atoms. The molecule has 0 aliphatic rings. The van der Waals surface area contributed by atoms with Crippen molar-refractivity contribution in [2.75, 3.05) is 27.3 Å². The maximum absolute atomic E-state index is 11.0. The van der Waals surface area contributed by atoms with Crippen molar-refractivity contribution in [3.05, 3.63) is 33.4 Å². The zero-order chi connectivity index (χ0) is 17.8. The number of phenolic OH excluding ortho intramolecular Hbond substituents is 1.